The van der Waals surface area contributed by atoms with Crippen molar-refractivity contribution in [1.29, 1.82) is 0 Å². The Kier molecular flexibility index (Phi) is 4.91. The molecule has 96 valence electrons. The lowest BCUT2D eigenvalue weighted by Crippen LogP contribution is -2.46. The predicted molar refractivity (Wildman–Crippen MR) is 70.3 cm³/mol. The van der Waals surface area contributed by atoms with Crippen molar-refractivity contribution in [3.8, 4) is 0 Å². The van der Waals surface area contributed by atoms with Crippen LogP contribution < -0.4 is 0 Å². The summed E-state index contributed by atoms with van der Waals surface area (Å²) in [4.78, 5) is 9.40. The highest BCUT2D eigenvalue weighted by molar-refractivity contribution is 7.09. The second kappa shape index (κ2) is 6.44. The van der Waals surface area contributed by atoms with Gasteiger partial charge in [0.15, 0.2) is 0 Å². The van der Waals surface area contributed by atoms with Gasteiger partial charge in [-0.05, 0) is 13.3 Å². The maximum absolute atomic E-state index is 8.80. The van der Waals surface area contributed by atoms with Crippen molar-refractivity contribution >= 4 is 11.3 Å². The summed E-state index contributed by atoms with van der Waals surface area (Å²) in [6.07, 6.45) is 0.894. The zero-order chi connectivity index (χ0) is 12.1. The van der Waals surface area contributed by atoms with Gasteiger partial charge in [-0.1, -0.05) is 0 Å². The van der Waals surface area contributed by atoms with Gasteiger partial charge in [-0.15, -0.1) is 11.3 Å². The van der Waals surface area contributed by atoms with Crippen LogP contribution in [-0.2, 0) is 6.54 Å². The first-order valence-electron chi connectivity index (χ1n) is 6.24. The number of aryl methyl sites for hydroxylation is 1. The Bertz CT molecular complexity index is 334. The Hall–Kier alpha value is -0.490. The highest BCUT2D eigenvalue weighted by Gasteiger charge is 2.16. The second-order valence-corrected chi connectivity index (χ2v) is 5.62. The molecule has 4 nitrogen and oxygen atoms in total. The van der Waals surface area contributed by atoms with Crippen molar-refractivity contribution in [1.82, 2.24) is 14.8 Å². The summed E-state index contributed by atoms with van der Waals surface area (Å²) in [6.45, 7) is 8.83. The van der Waals surface area contributed by atoms with Gasteiger partial charge in [0, 0.05) is 51.3 Å². The third-order valence-corrected chi connectivity index (χ3v) is 3.97. The van der Waals surface area contributed by atoms with E-state index < -0.39 is 0 Å². The third-order valence-electron chi connectivity index (χ3n) is 3.15. The van der Waals surface area contributed by atoms with Crippen LogP contribution >= 0.6 is 11.3 Å². The Balaban J connectivity index is 1.72. The minimum Gasteiger partial charge on any atom is -0.396 e. The molecule has 1 saturated heterocycles. The SMILES string of the molecule is Cc1nc(CN2CCN(CCCO)CC2)cs1. The van der Waals surface area contributed by atoms with E-state index in [9.17, 15) is 0 Å². The van der Waals surface area contributed by atoms with Gasteiger partial charge in [-0.25, -0.2) is 4.98 Å². The topological polar surface area (TPSA) is 39.6 Å². The van der Waals surface area contributed by atoms with Crippen molar-refractivity contribution in [2.75, 3.05) is 39.3 Å². The summed E-state index contributed by atoms with van der Waals surface area (Å²) in [5.41, 5.74) is 1.20. The van der Waals surface area contributed by atoms with Gasteiger partial charge in [-0.2, -0.15) is 0 Å². The van der Waals surface area contributed by atoms with Crippen LogP contribution in [0.3, 0.4) is 0 Å². The van der Waals surface area contributed by atoms with E-state index >= 15 is 0 Å². The van der Waals surface area contributed by atoms with Crippen LogP contribution in [0.4, 0.5) is 0 Å². The summed E-state index contributed by atoms with van der Waals surface area (Å²) in [5, 5.41) is 12.1. The number of thiazole rings is 1. The zero-order valence-corrected chi connectivity index (χ0v) is 11.2. The minimum absolute atomic E-state index is 0.304. The number of aliphatic hydroxyl groups excluding tert-OH is 1. The lowest BCUT2D eigenvalue weighted by atomic mass is 10.3. The van der Waals surface area contributed by atoms with E-state index in [1.54, 1.807) is 11.3 Å². The zero-order valence-electron chi connectivity index (χ0n) is 10.4. The number of aromatic nitrogens is 1. The summed E-state index contributed by atoms with van der Waals surface area (Å²) in [6, 6.07) is 0. The van der Waals surface area contributed by atoms with Crippen molar-refractivity contribution in [2.24, 2.45) is 0 Å². The predicted octanol–water partition coefficient (Wildman–Crippen LogP) is 0.952. The summed E-state index contributed by atoms with van der Waals surface area (Å²) < 4.78 is 0. The first-order valence-corrected chi connectivity index (χ1v) is 7.12. The molecule has 17 heavy (non-hydrogen) atoms. The largest absolute Gasteiger partial charge is 0.396 e. The molecule has 1 fully saturated rings. The van der Waals surface area contributed by atoms with Crippen LogP contribution in [0.25, 0.3) is 0 Å². The molecule has 1 aromatic heterocycles. The first kappa shape index (κ1) is 13.0. The average molecular weight is 255 g/mol. The molecule has 1 aliphatic heterocycles. The fourth-order valence-electron chi connectivity index (χ4n) is 2.18. The molecule has 0 aromatic carbocycles. The van der Waals surface area contributed by atoms with Crippen LogP contribution in [0, 0.1) is 6.92 Å². The Morgan fingerprint density at radius 3 is 2.59 bits per heavy atom. The summed E-state index contributed by atoms with van der Waals surface area (Å²) >= 11 is 1.73. The average Bonchev–Trinajstić information content (AvgIpc) is 2.74. The highest BCUT2D eigenvalue weighted by Crippen LogP contribution is 2.12. The molecule has 0 saturated carbocycles. The van der Waals surface area contributed by atoms with Gasteiger partial charge in [0.1, 0.15) is 0 Å². The second-order valence-electron chi connectivity index (χ2n) is 4.55. The number of nitrogens with zero attached hydrogens (tertiary/aromatic N) is 3. The van der Waals surface area contributed by atoms with Crippen LogP contribution in [-0.4, -0.2) is 59.2 Å². The molecular weight excluding hydrogens is 234 g/mol. The minimum atomic E-state index is 0.304. The molecule has 0 amide bonds. The number of piperazine rings is 1. The van der Waals surface area contributed by atoms with Crippen LogP contribution in [0.5, 0.6) is 0 Å². The van der Waals surface area contributed by atoms with Crippen LogP contribution in [0.15, 0.2) is 5.38 Å². The van der Waals surface area contributed by atoms with E-state index in [-0.39, 0.29) is 0 Å². The number of rotatable bonds is 5. The lowest BCUT2D eigenvalue weighted by molar-refractivity contribution is 0.119. The lowest BCUT2D eigenvalue weighted by Gasteiger charge is -2.34. The van der Waals surface area contributed by atoms with Crippen LogP contribution in [0.1, 0.15) is 17.1 Å². The van der Waals surface area contributed by atoms with E-state index in [0.717, 1.165) is 50.7 Å². The smallest absolute Gasteiger partial charge is 0.0897 e. The van der Waals surface area contributed by atoms with Gasteiger partial charge < -0.3 is 10.0 Å². The van der Waals surface area contributed by atoms with Gasteiger partial charge in [-0.3, -0.25) is 4.90 Å². The molecular formula is C12H21N3OS. The molecule has 0 spiro atoms. The molecule has 2 heterocycles. The fraction of sp³-hybridized carbons (Fsp3) is 0.750. The van der Waals surface area contributed by atoms with E-state index in [0.29, 0.717) is 6.61 Å². The quantitative estimate of drug-likeness (QED) is 0.850. The Labute approximate surface area is 107 Å². The van der Waals surface area contributed by atoms with Crippen molar-refractivity contribution < 1.29 is 5.11 Å². The maximum Gasteiger partial charge on any atom is 0.0897 e. The maximum atomic E-state index is 8.80. The Morgan fingerprint density at radius 2 is 2.00 bits per heavy atom. The standard InChI is InChI=1S/C12H21N3OS/c1-11-13-12(10-17-11)9-15-6-4-14(5-7-15)3-2-8-16/h10,16H,2-9H2,1H3. The summed E-state index contributed by atoms with van der Waals surface area (Å²) in [5.74, 6) is 0. The molecule has 2 rings (SSSR count). The molecule has 1 N–H and O–H groups in total. The Morgan fingerprint density at radius 1 is 1.29 bits per heavy atom. The molecule has 5 heteroatoms. The van der Waals surface area contributed by atoms with E-state index in [4.69, 9.17) is 5.11 Å². The van der Waals surface area contributed by atoms with E-state index in [2.05, 4.69) is 27.1 Å². The van der Waals surface area contributed by atoms with Gasteiger partial charge in [0.2, 0.25) is 0 Å². The number of hydrogen-bond donors (Lipinski definition) is 1. The molecule has 1 aliphatic rings. The molecule has 0 bridgehead atoms. The van der Waals surface area contributed by atoms with Crippen molar-refractivity contribution in [2.45, 2.75) is 19.9 Å². The number of aliphatic hydroxyl groups is 1. The third kappa shape index (κ3) is 4.03. The molecule has 0 aliphatic carbocycles. The monoisotopic (exact) mass is 255 g/mol. The highest BCUT2D eigenvalue weighted by atomic mass is 32.1. The van der Waals surface area contributed by atoms with Gasteiger partial charge in [0.25, 0.3) is 0 Å². The molecule has 0 radical (unpaired) electrons. The number of hydrogen-bond acceptors (Lipinski definition) is 5. The molecule has 0 atom stereocenters. The van der Waals surface area contributed by atoms with Gasteiger partial charge >= 0.3 is 0 Å². The molecule has 0 unspecified atom stereocenters. The first-order chi connectivity index (χ1) is 8.28. The van der Waals surface area contributed by atoms with Crippen molar-refractivity contribution in [3.05, 3.63) is 16.1 Å². The van der Waals surface area contributed by atoms with Gasteiger partial charge in [0.05, 0.1) is 10.7 Å². The fourth-order valence-corrected chi connectivity index (χ4v) is 2.78. The van der Waals surface area contributed by atoms with Crippen LogP contribution in [0.2, 0.25) is 0 Å². The van der Waals surface area contributed by atoms with E-state index in [1.807, 2.05) is 0 Å². The van der Waals surface area contributed by atoms with Crippen molar-refractivity contribution in [3.63, 3.8) is 0 Å². The van der Waals surface area contributed by atoms with E-state index in [1.165, 1.54) is 5.69 Å². The summed E-state index contributed by atoms with van der Waals surface area (Å²) in [7, 11) is 0. The normalized spacial score (nSPS) is 18.7. The molecule has 1 aromatic rings.